The van der Waals surface area contributed by atoms with E-state index in [-0.39, 0.29) is 54.7 Å². The van der Waals surface area contributed by atoms with Crippen LogP contribution in [0.2, 0.25) is 0 Å². The lowest BCUT2D eigenvalue weighted by Crippen LogP contribution is -2.33. The van der Waals surface area contributed by atoms with Gasteiger partial charge in [-0.2, -0.15) is 0 Å². The van der Waals surface area contributed by atoms with Crippen LogP contribution in [-0.2, 0) is 28.6 Å². The quantitative estimate of drug-likeness (QED) is 0.172. The molecule has 0 unspecified atom stereocenters. The molecule has 0 radical (unpaired) electrons. The molecule has 1 aliphatic rings. The summed E-state index contributed by atoms with van der Waals surface area (Å²) in [5, 5.41) is 17.5. The first kappa shape index (κ1) is 29.8. The average molecular weight is 554 g/mol. The van der Waals surface area contributed by atoms with Crippen molar-refractivity contribution in [2.75, 3.05) is 38.9 Å². The lowest BCUT2D eigenvalue weighted by molar-refractivity contribution is -0.385. The number of rotatable bonds is 12. The monoisotopic (exact) mass is 553 g/mol. The van der Waals surface area contributed by atoms with E-state index < -0.39 is 22.8 Å². The molecule has 0 aromatic heterocycles. The lowest BCUT2D eigenvalue weighted by Gasteiger charge is -2.30. The Hall–Kier alpha value is -4.71. The largest absolute Gasteiger partial charge is 0.490 e. The Morgan fingerprint density at radius 3 is 2.02 bits per heavy atom. The topological polar surface area (TPSA) is 155 Å². The summed E-state index contributed by atoms with van der Waals surface area (Å²) in [6.07, 6.45) is 0. The van der Waals surface area contributed by atoms with Crippen LogP contribution in [0.3, 0.4) is 0 Å². The van der Waals surface area contributed by atoms with Gasteiger partial charge in [0.05, 0.1) is 28.6 Å². The Balaban J connectivity index is 1.82. The Bertz CT molecular complexity index is 1330. The van der Waals surface area contributed by atoms with Gasteiger partial charge in [0, 0.05) is 42.7 Å². The zero-order valence-corrected chi connectivity index (χ0v) is 22.6. The third-order valence-electron chi connectivity index (χ3n) is 5.93. The molecule has 0 spiro atoms. The number of carbonyl (C=O) groups is 3. The summed E-state index contributed by atoms with van der Waals surface area (Å²) < 4.78 is 21.4. The molecule has 212 valence electrons. The first-order chi connectivity index (χ1) is 19.1. The fourth-order valence-corrected chi connectivity index (χ4v) is 4.25. The molecule has 0 bridgehead atoms. The van der Waals surface area contributed by atoms with Crippen molar-refractivity contribution in [1.29, 1.82) is 0 Å². The average Bonchev–Trinajstić information content (AvgIpc) is 2.91. The van der Waals surface area contributed by atoms with Gasteiger partial charge < -0.3 is 29.6 Å². The van der Waals surface area contributed by atoms with Gasteiger partial charge in [-0.25, -0.2) is 9.59 Å². The number of methoxy groups -OCH3 is 1. The van der Waals surface area contributed by atoms with E-state index in [2.05, 4.69) is 10.6 Å². The SMILES string of the molecule is COCCOC(=O)C1=C(C)NC(C)=C(C(=O)OCCOc2ccc(NC(C)=O)cc2)[C@@H]1c1ccccc1[N+](=O)[O-]. The summed E-state index contributed by atoms with van der Waals surface area (Å²) in [6, 6.07) is 12.6. The standard InChI is InChI=1S/C28H31N3O9/c1-17-24(27(33)39-14-13-37-4)26(22-7-5-6-8-23(22)31(35)36)25(18(2)29-17)28(34)40-16-15-38-21-11-9-20(10-12-21)30-19(3)32/h5-12,26,29H,13-16H2,1-4H3,(H,30,32)/t26-/m1/s1. The van der Waals surface area contributed by atoms with Gasteiger partial charge in [-0.1, -0.05) is 18.2 Å². The molecule has 0 saturated carbocycles. The molecule has 0 saturated heterocycles. The number of allylic oxidation sites excluding steroid dienone is 2. The highest BCUT2D eigenvalue weighted by Crippen LogP contribution is 2.42. The molecule has 40 heavy (non-hydrogen) atoms. The normalized spacial score (nSPS) is 14.8. The van der Waals surface area contributed by atoms with Crippen LogP contribution < -0.4 is 15.4 Å². The lowest BCUT2D eigenvalue weighted by atomic mass is 9.79. The highest BCUT2D eigenvalue weighted by Gasteiger charge is 2.40. The molecular weight excluding hydrogens is 522 g/mol. The van der Waals surface area contributed by atoms with E-state index in [0.717, 1.165) is 0 Å². The minimum atomic E-state index is -1.12. The maximum atomic E-state index is 13.4. The molecule has 1 heterocycles. The van der Waals surface area contributed by atoms with E-state index in [0.29, 0.717) is 22.8 Å². The van der Waals surface area contributed by atoms with E-state index in [1.54, 1.807) is 44.2 Å². The number of benzene rings is 2. The van der Waals surface area contributed by atoms with Crippen LogP contribution in [0.15, 0.2) is 71.1 Å². The van der Waals surface area contributed by atoms with Crippen molar-refractivity contribution in [3.8, 4) is 5.75 Å². The van der Waals surface area contributed by atoms with Crippen molar-refractivity contribution in [1.82, 2.24) is 5.32 Å². The minimum absolute atomic E-state index is 0.0158. The van der Waals surface area contributed by atoms with Gasteiger partial charge in [-0.05, 0) is 38.1 Å². The molecule has 1 amide bonds. The fraction of sp³-hybridized carbons (Fsp3) is 0.321. The Kier molecular flexibility index (Phi) is 10.4. The van der Waals surface area contributed by atoms with Gasteiger partial charge in [0.25, 0.3) is 5.69 Å². The van der Waals surface area contributed by atoms with Crippen LogP contribution >= 0.6 is 0 Å². The third-order valence-corrected chi connectivity index (χ3v) is 5.93. The zero-order chi connectivity index (χ0) is 29.2. The second kappa shape index (κ2) is 13.9. The van der Waals surface area contributed by atoms with Gasteiger partial charge in [0.1, 0.15) is 25.6 Å². The van der Waals surface area contributed by atoms with E-state index in [4.69, 9.17) is 18.9 Å². The second-order valence-electron chi connectivity index (χ2n) is 8.77. The van der Waals surface area contributed by atoms with Crippen LogP contribution in [0, 0.1) is 10.1 Å². The maximum absolute atomic E-state index is 13.4. The van der Waals surface area contributed by atoms with Crippen molar-refractivity contribution in [2.45, 2.75) is 26.7 Å². The molecule has 12 heteroatoms. The fourth-order valence-electron chi connectivity index (χ4n) is 4.25. The first-order valence-corrected chi connectivity index (χ1v) is 12.4. The number of ether oxygens (including phenoxy) is 4. The van der Waals surface area contributed by atoms with E-state index >= 15 is 0 Å². The zero-order valence-electron chi connectivity index (χ0n) is 22.6. The number of hydrogen-bond acceptors (Lipinski definition) is 10. The molecule has 2 aromatic carbocycles. The van der Waals surface area contributed by atoms with Crippen molar-refractivity contribution < 1.29 is 38.3 Å². The summed E-state index contributed by atoms with van der Waals surface area (Å²) in [4.78, 5) is 49.0. The Labute approximate surface area is 231 Å². The number of carbonyl (C=O) groups excluding carboxylic acids is 3. The predicted molar refractivity (Wildman–Crippen MR) is 144 cm³/mol. The van der Waals surface area contributed by atoms with Gasteiger partial charge in [-0.3, -0.25) is 14.9 Å². The first-order valence-electron chi connectivity index (χ1n) is 12.4. The number of nitrogens with one attached hydrogen (secondary N) is 2. The van der Waals surface area contributed by atoms with E-state index in [1.165, 1.54) is 32.2 Å². The van der Waals surface area contributed by atoms with Crippen LogP contribution in [0.1, 0.15) is 32.3 Å². The number of nitro groups is 1. The molecule has 2 aromatic rings. The molecule has 2 N–H and O–H groups in total. The summed E-state index contributed by atoms with van der Waals surface area (Å²) in [5.41, 5.74) is 1.37. The molecule has 12 nitrogen and oxygen atoms in total. The summed E-state index contributed by atoms with van der Waals surface area (Å²) in [7, 11) is 1.46. The summed E-state index contributed by atoms with van der Waals surface area (Å²) in [5.74, 6) is -2.33. The predicted octanol–water partition coefficient (Wildman–Crippen LogP) is 3.60. The Morgan fingerprint density at radius 1 is 0.900 bits per heavy atom. The van der Waals surface area contributed by atoms with Crippen molar-refractivity contribution in [2.24, 2.45) is 0 Å². The Morgan fingerprint density at radius 2 is 1.48 bits per heavy atom. The number of nitrogens with zero attached hydrogens (tertiary/aromatic N) is 1. The van der Waals surface area contributed by atoms with Crippen molar-refractivity contribution in [3.05, 3.63) is 86.7 Å². The van der Waals surface area contributed by atoms with E-state index in [9.17, 15) is 24.5 Å². The number of esters is 2. The summed E-state index contributed by atoms with van der Waals surface area (Å²) >= 11 is 0. The van der Waals surface area contributed by atoms with E-state index in [1.807, 2.05) is 0 Å². The van der Waals surface area contributed by atoms with Crippen molar-refractivity contribution >= 4 is 29.2 Å². The number of para-hydroxylation sites is 1. The number of dihydropyridines is 1. The molecule has 1 atom stereocenters. The van der Waals surface area contributed by atoms with Crippen LogP contribution in [0.25, 0.3) is 0 Å². The minimum Gasteiger partial charge on any atom is -0.490 e. The second-order valence-corrected chi connectivity index (χ2v) is 8.77. The van der Waals surface area contributed by atoms with Crippen LogP contribution in [-0.4, -0.2) is 56.3 Å². The molecule has 1 aliphatic heterocycles. The molecule has 3 rings (SSSR count). The van der Waals surface area contributed by atoms with Gasteiger partial charge >= 0.3 is 11.9 Å². The van der Waals surface area contributed by atoms with Crippen LogP contribution in [0.4, 0.5) is 11.4 Å². The van der Waals surface area contributed by atoms with Crippen LogP contribution in [0.5, 0.6) is 5.75 Å². The number of anilines is 1. The highest BCUT2D eigenvalue weighted by atomic mass is 16.6. The number of nitro benzene ring substituents is 1. The molecule has 0 fully saturated rings. The highest BCUT2D eigenvalue weighted by molar-refractivity contribution is 6.00. The number of hydrogen-bond donors (Lipinski definition) is 2. The number of amides is 1. The smallest absolute Gasteiger partial charge is 0.336 e. The summed E-state index contributed by atoms with van der Waals surface area (Å²) in [6.45, 7) is 4.66. The third kappa shape index (κ3) is 7.44. The van der Waals surface area contributed by atoms with Crippen molar-refractivity contribution in [3.63, 3.8) is 0 Å². The molecular formula is C28H31N3O9. The van der Waals surface area contributed by atoms with Gasteiger partial charge in [0.15, 0.2) is 0 Å². The van der Waals surface area contributed by atoms with Gasteiger partial charge in [0.2, 0.25) is 5.91 Å². The maximum Gasteiger partial charge on any atom is 0.336 e. The molecule has 0 aliphatic carbocycles. The van der Waals surface area contributed by atoms with Gasteiger partial charge in [-0.15, -0.1) is 0 Å².